The highest BCUT2D eigenvalue weighted by Crippen LogP contribution is 2.13. The van der Waals surface area contributed by atoms with Gasteiger partial charge in [-0.25, -0.2) is 4.39 Å². The van der Waals surface area contributed by atoms with E-state index in [-0.39, 0.29) is 5.83 Å². The van der Waals surface area contributed by atoms with Crippen molar-refractivity contribution in [3.05, 3.63) is 11.4 Å². The van der Waals surface area contributed by atoms with Crippen molar-refractivity contribution in [2.75, 3.05) is 6.54 Å². The van der Waals surface area contributed by atoms with Crippen LogP contribution in [0.15, 0.2) is 16.4 Å². The van der Waals surface area contributed by atoms with E-state index in [0.717, 1.165) is 30.7 Å². The Kier molecular flexibility index (Phi) is 5.60. The van der Waals surface area contributed by atoms with Gasteiger partial charge in [0.05, 0.1) is 0 Å². The first-order valence-corrected chi connectivity index (χ1v) is 4.56. The first-order chi connectivity index (χ1) is 5.67. The van der Waals surface area contributed by atoms with Crippen LogP contribution in [0.1, 0.15) is 40.5 Å². The Morgan fingerprint density at radius 1 is 1.17 bits per heavy atom. The third kappa shape index (κ3) is 3.16. The minimum atomic E-state index is -0.0912. The number of halogens is 1. The van der Waals surface area contributed by atoms with Crippen molar-refractivity contribution in [2.45, 2.75) is 40.5 Å². The Morgan fingerprint density at radius 2 is 1.75 bits per heavy atom. The topological polar surface area (TPSA) is 12.4 Å². The van der Waals surface area contributed by atoms with Gasteiger partial charge in [0.25, 0.3) is 0 Å². The van der Waals surface area contributed by atoms with Gasteiger partial charge >= 0.3 is 0 Å². The fourth-order valence-corrected chi connectivity index (χ4v) is 1.26. The number of allylic oxidation sites excluding steroid dienone is 2. The van der Waals surface area contributed by atoms with Gasteiger partial charge < -0.3 is 0 Å². The molecule has 1 nitrogen and oxygen atoms in total. The largest absolute Gasteiger partial charge is 0.290 e. The number of rotatable bonds is 4. The lowest BCUT2D eigenvalue weighted by atomic mass is 10.1. The Hall–Kier alpha value is -0.660. The van der Waals surface area contributed by atoms with Crippen LogP contribution in [0, 0.1) is 0 Å². The zero-order chi connectivity index (χ0) is 9.56. The van der Waals surface area contributed by atoms with Crippen LogP contribution in [-0.4, -0.2) is 12.3 Å². The SMILES string of the molecule is CC/N=C(CC)\C(CC)=C(/C)F. The number of aliphatic imine (C=N–C) groups is 1. The molecule has 2 heteroatoms. The predicted octanol–water partition coefficient (Wildman–Crippen LogP) is 3.51. The Bertz CT molecular complexity index is 188. The minimum absolute atomic E-state index is 0.0912. The van der Waals surface area contributed by atoms with Crippen molar-refractivity contribution < 1.29 is 4.39 Å². The second kappa shape index (κ2) is 5.92. The summed E-state index contributed by atoms with van der Waals surface area (Å²) in [5.41, 5.74) is 1.69. The van der Waals surface area contributed by atoms with Gasteiger partial charge in [0, 0.05) is 17.8 Å². The van der Waals surface area contributed by atoms with Crippen molar-refractivity contribution in [1.29, 1.82) is 0 Å². The fraction of sp³-hybridized carbons (Fsp3) is 0.700. The molecule has 0 heterocycles. The van der Waals surface area contributed by atoms with E-state index in [2.05, 4.69) is 4.99 Å². The molecule has 12 heavy (non-hydrogen) atoms. The minimum Gasteiger partial charge on any atom is -0.290 e. The quantitative estimate of drug-likeness (QED) is 0.574. The highest BCUT2D eigenvalue weighted by Gasteiger charge is 2.05. The number of hydrogen-bond donors (Lipinski definition) is 0. The van der Waals surface area contributed by atoms with Crippen LogP contribution in [0.5, 0.6) is 0 Å². The lowest BCUT2D eigenvalue weighted by molar-refractivity contribution is 0.628. The zero-order valence-electron chi connectivity index (χ0n) is 8.45. The molecule has 0 aromatic heterocycles. The summed E-state index contributed by atoms with van der Waals surface area (Å²) in [4.78, 5) is 4.25. The van der Waals surface area contributed by atoms with Crippen molar-refractivity contribution in [3.8, 4) is 0 Å². The zero-order valence-corrected chi connectivity index (χ0v) is 8.45. The highest BCUT2D eigenvalue weighted by atomic mass is 19.1. The Morgan fingerprint density at radius 3 is 2.00 bits per heavy atom. The van der Waals surface area contributed by atoms with Gasteiger partial charge in [0.2, 0.25) is 0 Å². The Labute approximate surface area is 74.4 Å². The summed E-state index contributed by atoms with van der Waals surface area (Å²) >= 11 is 0. The molecule has 0 amide bonds. The lowest BCUT2D eigenvalue weighted by Gasteiger charge is -2.06. The molecule has 0 saturated carbocycles. The van der Waals surface area contributed by atoms with Crippen LogP contribution in [-0.2, 0) is 0 Å². The molecule has 0 saturated heterocycles. The van der Waals surface area contributed by atoms with E-state index in [1.165, 1.54) is 6.92 Å². The summed E-state index contributed by atoms with van der Waals surface area (Å²) in [5.74, 6) is -0.0912. The maximum absolute atomic E-state index is 12.9. The molecule has 0 bridgehead atoms. The average Bonchev–Trinajstić information content (AvgIpc) is 2.03. The monoisotopic (exact) mass is 171 g/mol. The summed E-state index contributed by atoms with van der Waals surface area (Å²) in [7, 11) is 0. The molecule has 0 aromatic rings. The standard InChI is InChI=1S/C10H18FN/c1-5-9(8(4)11)10(6-2)12-7-3/h5-7H2,1-4H3/b9-8+,12-10-. The van der Waals surface area contributed by atoms with Crippen LogP contribution >= 0.6 is 0 Å². The molecule has 0 aliphatic carbocycles. The lowest BCUT2D eigenvalue weighted by Crippen LogP contribution is -2.02. The molecule has 0 aliphatic rings. The molecule has 70 valence electrons. The van der Waals surface area contributed by atoms with Crippen molar-refractivity contribution in [2.24, 2.45) is 4.99 Å². The van der Waals surface area contributed by atoms with Crippen LogP contribution in [0.25, 0.3) is 0 Å². The van der Waals surface area contributed by atoms with Gasteiger partial charge in [-0.1, -0.05) is 13.8 Å². The van der Waals surface area contributed by atoms with E-state index in [9.17, 15) is 4.39 Å². The van der Waals surface area contributed by atoms with E-state index in [0.29, 0.717) is 0 Å². The molecule has 0 fully saturated rings. The van der Waals surface area contributed by atoms with Crippen molar-refractivity contribution in [1.82, 2.24) is 0 Å². The molecule has 0 N–H and O–H groups in total. The molecule has 0 atom stereocenters. The highest BCUT2D eigenvalue weighted by molar-refractivity contribution is 6.00. The molecular formula is C10H18FN. The molecular weight excluding hydrogens is 153 g/mol. The fourth-order valence-electron chi connectivity index (χ4n) is 1.26. The summed E-state index contributed by atoms with van der Waals surface area (Å²) in [6, 6.07) is 0. The first kappa shape index (κ1) is 11.3. The van der Waals surface area contributed by atoms with E-state index in [1.54, 1.807) is 0 Å². The summed E-state index contributed by atoms with van der Waals surface area (Å²) in [6.45, 7) is 8.17. The third-order valence-corrected chi connectivity index (χ3v) is 1.80. The molecule has 0 aromatic carbocycles. The van der Waals surface area contributed by atoms with E-state index in [1.807, 2.05) is 20.8 Å². The molecule has 0 spiro atoms. The first-order valence-electron chi connectivity index (χ1n) is 4.56. The van der Waals surface area contributed by atoms with E-state index >= 15 is 0 Å². The normalized spacial score (nSPS) is 14.6. The molecule has 0 aliphatic heterocycles. The van der Waals surface area contributed by atoms with Gasteiger partial charge in [0.1, 0.15) is 5.83 Å². The van der Waals surface area contributed by atoms with Gasteiger partial charge in [-0.05, 0) is 26.7 Å². The maximum atomic E-state index is 12.9. The molecule has 0 unspecified atom stereocenters. The van der Waals surface area contributed by atoms with Crippen molar-refractivity contribution in [3.63, 3.8) is 0 Å². The average molecular weight is 171 g/mol. The summed E-state index contributed by atoms with van der Waals surface area (Å²) in [6.07, 6.45) is 1.55. The van der Waals surface area contributed by atoms with Crippen LogP contribution < -0.4 is 0 Å². The number of nitrogens with zero attached hydrogens (tertiary/aromatic N) is 1. The molecule has 0 radical (unpaired) electrons. The summed E-state index contributed by atoms with van der Waals surface area (Å²) < 4.78 is 12.9. The molecule has 0 rings (SSSR count). The van der Waals surface area contributed by atoms with Gasteiger partial charge in [-0.3, -0.25) is 4.99 Å². The second-order valence-corrected chi connectivity index (χ2v) is 2.64. The second-order valence-electron chi connectivity index (χ2n) is 2.64. The van der Waals surface area contributed by atoms with Crippen LogP contribution in [0.4, 0.5) is 4.39 Å². The van der Waals surface area contributed by atoms with Crippen LogP contribution in [0.3, 0.4) is 0 Å². The maximum Gasteiger partial charge on any atom is 0.102 e. The van der Waals surface area contributed by atoms with Gasteiger partial charge in [0.15, 0.2) is 0 Å². The van der Waals surface area contributed by atoms with Crippen molar-refractivity contribution >= 4 is 5.71 Å². The van der Waals surface area contributed by atoms with E-state index < -0.39 is 0 Å². The smallest absolute Gasteiger partial charge is 0.102 e. The van der Waals surface area contributed by atoms with Crippen LogP contribution in [0.2, 0.25) is 0 Å². The predicted molar refractivity (Wildman–Crippen MR) is 52.4 cm³/mol. The third-order valence-electron chi connectivity index (χ3n) is 1.80. The van der Waals surface area contributed by atoms with E-state index in [4.69, 9.17) is 0 Å². The van der Waals surface area contributed by atoms with Gasteiger partial charge in [-0.15, -0.1) is 0 Å². The van der Waals surface area contributed by atoms with Gasteiger partial charge in [-0.2, -0.15) is 0 Å². The Balaban J connectivity index is 4.70. The summed E-state index contributed by atoms with van der Waals surface area (Å²) in [5, 5.41) is 0. The number of hydrogen-bond acceptors (Lipinski definition) is 1.